The summed E-state index contributed by atoms with van der Waals surface area (Å²) in [4.78, 5) is 11.6. The molecule has 1 amide bonds. The highest BCUT2D eigenvalue weighted by Gasteiger charge is 2.24. The quantitative estimate of drug-likeness (QED) is 0.842. The van der Waals surface area contributed by atoms with Crippen molar-refractivity contribution < 1.29 is 4.79 Å². The zero-order valence-corrected chi connectivity index (χ0v) is 10.3. The molecule has 1 aromatic carbocycles. The maximum Gasteiger partial charge on any atom is 0.223 e. The average molecular weight is 238 g/mol. The van der Waals surface area contributed by atoms with Gasteiger partial charge in [-0.1, -0.05) is 31.5 Å². The van der Waals surface area contributed by atoms with E-state index in [1.54, 1.807) is 0 Å². The van der Waals surface area contributed by atoms with Gasteiger partial charge >= 0.3 is 0 Å². The Morgan fingerprint density at radius 2 is 2.25 bits per heavy atom. The smallest absolute Gasteiger partial charge is 0.223 e. The topological polar surface area (TPSA) is 29.1 Å². The number of nitrogens with one attached hydrogen (secondary N) is 1. The number of benzene rings is 1. The number of fused-ring (bicyclic) bond motifs is 1. The Hall–Kier alpha value is -1.02. The van der Waals surface area contributed by atoms with Gasteiger partial charge in [-0.05, 0) is 36.1 Å². The van der Waals surface area contributed by atoms with Crippen molar-refractivity contribution in [2.24, 2.45) is 5.92 Å². The van der Waals surface area contributed by atoms with E-state index in [-0.39, 0.29) is 17.9 Å². The second-order valence-corrected chi connectivity index (χ2v) is 5.03. The molecule has 0 bridgehead atoms. The van der Waals surface area contributed by atoms with Crippen LogP contribution in [0.5, 0.6) is 0 Å². The molecular formula is C13H16ClNO. The highest BCUT2D eigenvalue weighted by atomic mass is 35.5. The molecule has 0 radical (unpaired) electrons. The lowest BCUT2D eigenvalue weighted by Crippen LogP contribution is -2.30. The van der Waals surface area contributed by atoms with E-state index in [1.165, 1.54) is 11.1 Å². The predicted molar refractivity (Wildman–Crippen MR) is 65.5 cm³/mol. The minimum absolute atomic E-state index is 0.0383. The normalized spacial score (nSPS) is 18.6. The summed E-state index contributed by atoms with van der Waals surface area (Å²) in [6, 6.07) is 6.08. The van der Waals surface area contributed by atoms with Crippen LogP contribution in [0, 0.1) is 5.92 Å². The van der Waals surface area contributed by atoms with Crippen LogP contribution in [0.2, 0.25) is 5.02 Å². The Balaban J connectivity index is 2.15. The molecule has 0 saturated carbocycles. The molecule has 1 aromatic rings. The predicted octanol–water partition coefficient (Wildman–Crippen LogP) is 3.10. The molecule has 0 spiro atoms. The summed E-state index contributed by atoms with van der Waals surface area (Å²) in [6.45, 7) is 3.82. The number of hydrogen-bond acceptors (Lipinski definition) is 1. The molecular weight excluding hydrogens is 222 g/mol. The molecule has 1 unspecified atom stereocenters. The van der Waals surface area contributed by atoms with Crippen molar-refractivity contribution in [1.29, 1.82) is 0 Å². The lowest BCUT2D eigenvalue weighted by molar-refractivity contribution is -0.124. The van der Waals surface area contributed by atoms with Gasteiger partial charge in [0, 0.05) is 10.9 Å². The second-order valence-electron chi connectivity index (χ2n) is 4.60. The molecule has 0 fully saturated rings. The fourth-order valence-corrected chi connectivity index (χ4v) is 2.27. The summed E-state index contributed by atoms with van der Waals surface area (Å²) in [5.74, 6) is 0.157. The number of carbonyl (C=O) groups is 1. The third-order valence-corrected chi connectivity index (χ3v) is 3.26. The molecule has 0 aliphatic heterocycles. The van der Waals surface area contributed by atoms with E-state index in [0.717, 1.165) is 17.9 Å². The SMILES string of the molecule is CC(C)C(=O)NC1CCc2cc(Cl)ccc21. The van der Waals surface area contributed by atoms with Crippen LogP contribution in [0.4, 0.5) is 0 Å². The van der Waals surface area contributed by atoms with Gasteiger partial charge in [0.1, 0.15) is 0 Å². The number of aryl methyl sites for hydroxylation is 1. The number of halogens is 1. The summed E-state index contributed by atoms with van der Waals surface area (Å²) in [5.41, 5.74) is 2.49. The molecule has 1 aliphatic rings. The molecule has 3 heteroatoms. The van der Waals surface area contributed by atoms with E-state index in [4.69, 9.17) is 11.6 Å². The van der Waals surface area contributed by atoms with Gasteiger partial charge in [-0.2, -0.15) is 0 Å². The average Bonchev–Trinajstić information content (AvgIpc) is 2.60. The zero-order valence-electron chi connectivity index (χ0n) is 9.59. The van der Waals surface area contributed by atoms with E-state index in [0.29, 0.717) is 0 Å². The van der Waals surface area contributed by atoms with Crippen molar-refractivity contribution in [2.45, 2.75) is 32.7 Å². The number of hydrogen-bond donors (Lipinski definition) is 1. The molecule has 86 valence electrons. The molecule has 0 aromatic heterocycles. The molecule has 1 aliphatic carbocycles. The van der Waals surface area contributed by atoms with E-state index >= 15 is 0 Å². The molecule has 16 heavy (non-hydrogen) atoms. The van der Waals surface area contributed by atoms with Crippen LogP contribution in [0.25, 0.3) is 0 Å². The van der Waals surface area contributed by atoms with Crippen molar-refractivity contribution >= 4 is 17.5 Å². The van der Waals surface area contributed by atoms with E-state index in [9.17, 15) is 4.79 Å². The van der Waals surface area contributed by atoms with Gasteiger partial charge in [0.25, 0.3) is 0 Å². The van der Waals surface area contributed by atoms with Gasteiger partial charge in [0.2, 0.25) is 5.91 Å². The highest BCUT2D eigenvalue weighted by molar-refractivity contribution is 6.30. The van der Waals surface area contributed by atoms with Crippen LogP contribution in [0.15, 0.2) is 18.2 Å². The van der Waals surface area contributed by atoms with Crippen molar-refractivity contribution in [2.75, 3.05) is 0 Å². The Kier molecular flexibility index (Phi) is 3.20. The maximum absolute atomic E-state index is 11.6. The number of rotatable bonds is 2. The highest BCUT2D eigenvalue weighted by Crippen LogP contribution is 2.32. The lowest BCUT2D eigenvalue weighted by atomic mass is 10.1. The monoisotopic (exact) mass is 237 g/mol. The summed E-state index contributed by atoms with van der Waals surface area (Å²) in [6.07, 6.45) is 1.98. The van der Waals surface area contributed by atoms with Gasteiger partial charge in [-0.25, -0.2) is 0 Å². The van der Waals surface area contributed by atoms with Gasteiger partial charge < -0.3 is 5.32 Å². The third-order valence-electron chi connectivity index (χ3n) is 3.02. The fourth-order valence-electron chi connectivity index (χ4n) is 2.07. The maximum atomic E-state index is 11.6. The minimum Gasteiger partial charge on any atom is -0.349 e. The zero-order chi connectivity index (χ0) is 11.7. The summed E-state index contributed by atoms with van der Waals surface area (Å²) >= 11 is 5.94. The molecule has 1 atom stereocenters. The van der Waals surface area contributed by atoms with Crippen molar-refractivity contribution in [3.05, 3.63) is 34.3 Å². The first kappa shape index (κ1) is 11.5. The van der Waals surface area contributed by atoms with Crippen molar-refractivity contribution in [1.82, 2.24) is 5.32 Å². The van der Waals surface area contributed by atoms with Crippen LogP contribution in [0.1, 0.15) is 37.4 Å². The standard InChI is InChI=1S/C13H16ClNO/c1-8(2)13(16)15-12-6-3-9-7-10(14)4-5-11(9)12/h4-5,7-8,12H,3,6H2,1-2H3,(H,15,16). The fraction of sp³-hybridized carbons (Fsp3) is 0.462. The molecule has 1 N–H and O–H groups in total. The van der Waals surface area contributed by atoms with Crippen LogP contribution in [-0.2, 0) is 11.2 Å². The van der Waals surface area contributed by atoms with Crippen molar-refractivity contribution in [3.8, 4) is 0 Å². The lowest BCUT2D eigenvalue weighted by Gasteiger charge is -2.15. The van der Waals surface area contributed by atoms with Crippen LogP contribution < -0.4 is 5.32 Å². The summed E-state index contributed by atoms with van der Waals surface area (Å²) in [5, 5.41) is 3.84. The van der Waals surface area contributed by atoms with Gasteiger partial charge in [-0.3, -0.25) is 4.79 Å². The van der Waals surface area contributed by atoms with Gasteiger partial charge in [0.05, 0.1) is 6.04 Å². The van der Waals surface area contributed by atoms with E-state index in [2.05, 4.69) is 5.32 Å². The molecule has 2 nitrogen and oxygen atoms in total. The van der Waals surface area contributed by atoms with Crippen LogP contribution in [0.3, 0.4) is 0 Å². The van der Waals surface area contributed by atoms with Gasteiger partial charge in [0.15, 0.2) is 0 Å². The van der Waals surface area contributed by atoms with E-state index < -0.39 is 0 Å². The summed E-state index contributed by atoms with van der Waals surface area (Å²) in [7, 11) is 0. The molecule has 0 saturated heterocycles. The summed E-state index contributed by atoms with van der Waals surface area (Å²) < 4.78 is 0. The van der Waals surface area contributed by atoms with Gasteiger partial charge in [-0.15, -0.1) is 0 Å². The Morgan fingerprint density at radius 3 is 2.94 bits per heavy atom. The first-order valence-electron chi connectivity index (χ1n) is 5.66. The first-order valence-corrected chi connectivity index (χ1v) is 6.04. The first-order chi connectivity index (χ1) is 7.58. The Morgan fingerprint density at radius 1 is 1.50 bits per heavy atom. The Bertz CT molecular complexity index is 414. The largest absolute Gasteiger partial charge is 0.349 e. The number of carbonyl (C=O) groups excluding carboxylic acids is 1. The minimum atomic E-state index is 0.0383. The molecule has 0 heterocycles. The number of amides is 1. The van der Waals surface area contributed by atoms with Crippen LogP contribution in [-0.4, -0.2) is 5.91 Å². The van der Waals surface area contributed by atoms with E-state index in [1.807, 2.05) is 32.0 Å². The van der Waals surface area contributed by atoms with Crippen LogP contribution >= 0.6 is 11.6 Å². The third kappa shape index (κ3) is 2.22. The second kappa shape index (κ2) is 4.46. The Labute approximate surface area is 101 Å². The molecule has 2 rings (SSSR count). The van der Waals surface area contributed by atoms with Crippen molar-refractivity contribution in [3.63, 3.8) is 0 Å².